The molecule has 5 rings (SSSR count). The minimum Gasteiger partial charge on any atom is -0.488 e. The molecule has 8 heteroatoms. The van der Waals surface area contributed by atoms with Crippen LogP contribution >= 0.6 is 12.4 Å². The molecule has 170 valence electrons. The molecule has 0 aliphatic carbocycles. The predicted octanol–water partition coefficient (Wildman–Crippen LogP) is 5.46. The van der Waals surface area contributed by atoms with E-state index in [2.05, 4.69) is 44.7 Å². The molecule has 0 fully saturated rings. The maximum absolute atomic E-state index is 11.2. The number of rotatable bonds is 7. The number of fused-ring (bicyclic) bond motifs is 1. The Morgan fingerprint density at radius 3 is 2.47 bits per heavy atom. The number of carbonyl (C=O) groups is 1. The minimum absolute atomic E-state index is 0. The largest absolute Gasteiger partial charge is 0.488 e. The molecule has 2 heterocycles. The number of aromatic amines is 1. The van der Waals surface area contributed by atoms with Gasteiger partial charge >= 0.3 is 0 Å². The van der Waals surface area contributed by atoms with Gasteiger partial charge in [-0.1, -0.05) is 55.5 Å². The molecule has 0 aliphatic rings. The molecule has 0 saturated heterocycles. The summed E-state index contributed by atoms with van der Waals surface area (Å²) < 4.78 is 6.19. The molecule has 7 nitrogen and oxygen atoms in total. The zero-order valence-electron chi connectivity index (χ0n) is 18.4. The molecule has 0 radical (unpaired) electrons. The molecule has 34 heavy (non-hydrogen) atoms. The van der Waals surface area contributed by atoms with Gasteiger partial charge in [-0.05, 0) is 51.7 Å². The second-order valence-electron chi connectivity index (χ2n) is 7.64. The third-order valence-electron chi connectivity index (χ3n) is 5.53. The highest BCUT2D eigenvalue weighted by Crippen LogP contribution is 2.31. The van der Waals surface area contributed by atoms with Gasteiger partial charge in [-0.25, -0.2) is 5.10 Å². The monoisotopic (exact) mass is 471 g/mol. The van der Waals surface area contributed by atoms with Crippen LogP contribution in [0.1, 0.15) is 28.5 Å². The summed E-state index contributed by atoms with van der Waals surface area (Å²) in [5.41, 5.74) is 6.44. The number of pyridine rings is 1. The lowest BCUT2D eigenvalue weighted by Gasteiger charge is -2.12. The van der Waals surface area contributed by atoms with Gasteiger partial charge in [0.15, 0.2) is 5.82 Å². The van der Waals surface area contributed by atoms with Gasteiger partial charge < -0.3 is 4.74 Å². The van der Waals surface area contributed by atoms with E-state index in [1.807, 2.05) is 54.6 Å². The summed E-state index contributed by atoms with van der Waals surface area (Å²) in [7, 11) is 0. The molecular formula is C26H22ClN5O2. The fraction of sp³-hybridized carbons (Fsp3) is 0.115. The molecule has 0 unspecified atom stereocenters. The first-order valence-electron chi connectivity index (χ1n) is 10.7. The molecule has 0 spiro atoms. The first-order valence-corrected chi connectivity index (χ1v) is 10.7. The highest BCUT2D eigenvalue weighted by atomic mass is 35.5. The van der Waals surface area contributed by atoms with E-state index in [9.17, 15) is 4.79 Å². The van der Waals surface area contributed by atoms with E-state index in [0.29, 0.717) is 18.0 Å². The summed E-state index contributed by atoms with van der Waals surface area (Å²) in [6.07, 6.45) is 1.64. The van der Waals surface area contributed by atoms with Crippen molar-refractivity contribution in [1.29, 1.82) is 0 Å². The maximum atomic E-state index is 11.2. The average molecular weight is 472 g/mol. The van der Waals surface area contributed by atoms with Crippen LogP contribution in [-0.2, 0) is 13.0 Å². The number of hydrogen-bond acceptors (Lipinski definition) is 6. The number of aromatic nitrogens is 5. The summed E-state index contributed by atoms with van der Waals surface area (Å²) in [6.45, 7) is 2.46. The van der Waals surface area contributed by atoms with Gasteiger partial charge in [-0.15, -0.1) is 17.5 Å². The molecule has 0 aliphatic heterocycles. The summed E-state index contributed by atoms with van der Waals surface area (Å²) >= 11 is 0. The number of hydrogen-bond donors (Lipinski definition) is 1. The van der Waals surface area contributed by atoms with Crippen molar-refractivity contribution >= 4 is 29.6 Å². The molecular weight excluding hydrogens is 450 g/mol. The van der Waals surface area contributed by atoms with Crippen molar-refractivity contribution in [2.24, 2.45) is 0 Å². The number of H-pyrrole nitrogens is 1. The molecule has 0 bridgehead atoms. The van der Waals surface area contributed by atoms with E-state index >= 15 is 0 Å². The maximum Gasteiger partial charge on any atom is 0.180 e. The Balaban J connectivity index is 0.00000274. The number of aryl methyl sites for hydroxylation is 1. The van der Waals surface area contributed by atoms with E-state index in [0.717, 1.165) is 57.3 Å². The van der Waals surface area contributed by atoms with Gasteiger partial charge in [-0.2, -0.15) is 0 Å². The van der Waals surface area contributed by atoms with Crippen molar-refractivity contribution < 1.29 is 9.53 Å². The summed E-state index contributed by atoms with van der Waals surface area (Å²) in [4.78, 5) is 15.9. The van der Waals surface area contributed by atoms with Crippen molar-refractivity contribution in [3.8, 4) is 28.3 Å². The second-order valence-corrected chi connectivity index (χ2v) is 7.64. The third-order valence-corrected chi connectivity index (χ3v) is 5.53. The summed E-state index contributed by atoms with van der Waals surface area (Å²) in [5.74, 6) is 1.36. The lowest BCUT2D eigenvalue weighted by atomic mass is 9.98. The van der Waals surface area contributed by atoms with E-state index < -0.39 is 0 Å². The van der Waals surface area contributed by atoms with Gasteiger partial charge in [0.1, 0.15) is 18.6 Å². The first kappa shape index (κ1) is 23.1. The van der Waals surface area contributed by atoms with Gasteiger partial charge in [-0.3, -0.25) is 9.78 Å². The Labute approximate surface area is 202 Å². The van der Waals surface area contributed by atoms with Crippen LogP contribution in [0.5, 0.6) is 5.75 Å². The number of carbonyl (C=O) groups excluding carboxylic acids is 1. The lowest BCUT2D eigenvalue weighted by molar-refractivity contribution is 0.112. The van der Waals surface area contributed by atoms with Crippen LogP contribution in [0.3, 0.4) is 0 Å². The second kappa shape index (κ2) is 10.2. The summed E-state index contributed by atoms with van der Waals surface area (Å²) in [5, 5.41) is 15.1. The minimum atomic E-state index is 0. The SMILES string of the molecule is CCc1cc(OCc2ccc(-c3ccccc3-c3nnn[nH]3)cc2)c2cc(C=O)ccc2n1.Cl. The van der Waals surface area contributed by atoms with E-state index in [-0.39, 0.29) is 12.4 Å². The predicted molar refractivity (Wildman–Crippen MR) is 133 cm³/mol. The van der Waals surface area contributed by atoms with Gasteiger partial charge in [0.2, 0.25) is 0 Å². The molecule has 1 N–H and O–H groups in total. The number of benzene rings is 3. The Bertz CT molecular complexity index is 1420. The first-order chi connectivity index (χ1) is 16.2. The number of nitrogens with zero attached hydrogens (tertiary/aromatic N) is 4. The quantitative estimate of drug-likeness (QED) is 0.317. The van der Waals surface area contributed by atoms with Crippen molar-refractivity contribution in [2.45, 2.75) is 20.0 Å². The number of ether oxygens (including phenoxy) is 1. The van der Waals surface area contributed by atoms with Crippen LogP contribution in [0.4, 0.5) is 0 Å². The fourth-order valence-electron chi connectivity index (χ4n) is 3.79. The van der Waals surface area contributed by atoms with E-state index in [4.69, 9.17) is 4.74 Å². The molecule has 0 saturated carbocycles. The molecule has 0 atom stereocenters. The lowest BCUT2D eigenvalue weighted by Crippen LogP contribution is -1.99. The average Bonchev–Trinajstić information content (AvgIpc) is 3.42. The van der Waals surface area contributed by atoms with Gasteiger partial charge in [0.25, 0.3) is 0 Å². The van der Waals surface area contributed by atoms with Gasteiger partial charge in [0.05, 0.1) is 5.52 Å². The van der Waals surface area contributed by atoms with E-state index in [1.165, 1.54) is 0 Å². The van der Waals surface area contributed by atoms with Crippen LogP contribution in [0.15, 0.2) is 72.8 Å². The Kier molecular flexibility index (Phi) is 6.94. The van der Waals surface area contributed by atoms with Crippen LogP contribution < -0.4 is 4.74 Å². The number of aldehydes is 1. The zero-order valence-corrected chi connectivity index (χ0v) is 19.2. The normalized spacial score (nSPS) is 10.6. The molecule has 3 aromatic carbocycles. The smallest absolute Gasteiger partial charge is 0.180 e. The van der Waals surface area contributed by atoms with E-state index in [1.54, 1.807) is 6.07 Å². The Morgan fingerprint density at radius 1 is 0.971 bits per heavy atom. The Morgan fingerprint density at radius 2 is 1.76 bits per heavy atom. The van der Waals surface area contributed by atoms with Crippen LogP contribution in [-0.4, -0.2) is 31.9 Å². The molecule has 5 aromatic rings. The van der Waals surface area contributed by atoms with Crippen molar-refractivity contribution in [3.63, 3.8) is 0 Å². The van der Waals surface area contributed by atoms with Crippen molar-refractivity contribution in [3.05, 3.63) is 89.6 Å². The van der Waals surface area contributed by atoms with Crippen molar-refractivity contribution in [1.82, 2.24) is 25.6 Å². The van der Waals surface area contributed by atoms with Crippen LogP contribution in [0.25, 0.3) is 33.4 Å². The topological polar surface area (TPSA) is 93.7 Å². The highest BCUT2D eigenvalue weighted by Gasteiger charge is 2.11. The third kappa shape index (κ3) is 4.65. The van der Waals surface area contributed by atoms with Crippen molar-refractivity contribution in [2.75, 3.05) is 0 Å². The summed E-state index contributed by atoms with van der Waals surface area (Å²) in [6, 6.07) is 23.6. The highest BCUT2D eigenvalue weighted by molar-refractivity contribution is 5.91. The fourth-order valence-corrected chi connectivity index (χ4v) is 3.79. The van der Waals surface area contributed by atoms with Gasteiger partial charge in [0, 0.05) is 28.3 Å². The molecule has 0 amide bonds. The Hall–Kier alpha value is -4.10. The number of halogens is 1. The molecule has 2 aromatic heterocycles. The zero-order chi connectivity index (χ0) is 22.6. The van der Waals surface area contributed by atoms with Crippen LogP contribution in [0, 0.1) is 0 Å². The van der Waals surface area contributed by atoms with Crippen LogP contribution in [0.2, 0.25) is 0 Å². The number of tetrazole rings is 1. The standard InChI is InChI=1S/C26H21N5O2.ClH/c1-2-20-14-25(23-13-18(15-32)9-12-24(23)27-20)33-16-17-7-10-19(11-8-17)21-5-3-4-6-22(21)26-28-30-31-29-26;/h3-15H,2,16H2,1H3,(H,28,29,30,31);1H. The number of nitrogens with one attached hydrogen (secondary N) is 1.